The highest BCUT2D eigenvalue weighted by molar-refractivity contribution is 7.18. The van der Waals surface area contributed by atoms with Gasteiger partial charge in [0.25, 0.3) is 5.91 Å². The number of aryl methyl sites for hydroxylation is 1. The lowest BCUT2D eigenvalue weighted by Gasteiger charge is -2.20. The average molecular weight is 435 g/mol. The maximum absolute atomic E-state index is 13.0. The number of hydrogen-bond donors (Lipinski definition) is 1. The van der Waals surface area contributed by atoms with Crippen LogP contribution in [0.4, 0.5) is 5.69 Å². The van der Waals surface area contributed by atoms with Crippen LogP contribution in [0.1, 0.15) is 20.8 Å². The number of rotatable bonds is 6. The first-order valence-corrected chi connectivity index (χ1v) is 10.8. The summed E-state index contributed by atoms with van der Waals surface area (Å²) in [5.41, 5.74) is 3.89. The van der Waals surface area contributed by atoms with E-state index >= 15 is 0 Å². The number of ether oxygens (including phenoxy) is 1. The Balaban J connectivity index is 1.45. The number of amides is 2. The van der Waals surface area contributed by atoms with Gasteiger partial charge < -0.3 is 9.64 Å². The number of methoxy groups -OCH3 is 1. The molecule has 3 aromatic rings. The molecule has 4 rings (SSSR count). The summed E-state index contributed by atoms with van der Waals surface area (Å²) in [6, 6.07) is 17.6. The van der Waals surface area contributed by atoms with E-state index in [1.807, 2.05) is 61.5 Å². The zero-order valence-electron chi connectivity index (χ0n) is 17.7. The molecule has 6 nitrogen and oxygen atoms in total. The van der Waals surface area contributed by atoms with Crippen LogP contribution in [0.5, 0.6) is 5.75 Å². The van der Waals surface area contributed by atoms with E-state index in [0.717, 1.165) is 27.3 Å². The van der Waals surface area contributed by atoms with Crippen LogP contribution in [0.3, 0.4) is 0 Å². The number of fused-ring (bicyclic) bond motifs is 1. The van der Waals surface area contributed by atoms with E-state index < -0.39 is 0 Å². The van der Waals surface area contributed by atoms with Crippen LogP contribution in [0, 0.1) is 6.92 Å². The fraction of sp³-hybridized carbons (Fsp3) is 0.208. The number of carbonyl (C=O) groups excluding carboxylic acids is 2. The second kappa shape index (κ2) is 8.83. The van der Waals surface area contributed by atoms with Gasteiger partial charge in [-0.2, -0.15) is 0 Å². The minimum atomic E-state index is -0.118. The number of carbonyl (C=O) groups is 2. The molecule has 1 aromatic heterocycles. The van der Waals surface area contributed by atoms with Crippen LogP contribution in [0.15, 0.2) is 59.6 Å². The second-order valence-corrected chi connectivity index (χ2v) is 8.57. The minimum absolute atomic E-state index is 0.0416. The number of nitrogens with zero attached hydrogens (tertiary/aromatic N) is 2. The Bertz CT molecular complexity index is 1150. The van der Waals surface area contributed by atoms with Crippen molar-refractivity contribution in [3.63, 3.8) is 0 Å². The third-order valence-corrected chi connectivity index (χ3v) is 6.55. The maximum Gasteiger partial charge on any atom is 0.362 e. The molecule has 158 valence electrons. The van der Waals surface area contributed by atoms with Crippen molar-refractivity contribution in [3.05, 3.63) is 70.6 Å². The van der Waals surface area contributed by atoms with Gasteiger partial charge in [-0.25, -0.2) is 14.7 Å². The molecule has 0 fully saturated rings. The van der Waals surface area contributed by atoms with Gasteiger partial charge in [0.1, 0.15) is 5.75 Å². The molecule has 31 heavy (non-hydrogen) atoms. The third kappa shape index (κ3) is 4.42. The predicted octanol–water partition coefficient (Wildman–Crippen LogP) is 3.09. The van der Waals surface area contributed by atoms with Gasteiger partial charge in [0, 0.05) is 18.5 Å². The van der Waals surface area contributed by atoms with Crippen LogP contribution in [0.25, 0.3) is 10.4 Å². The summed E-state index contributed by atoms with van der Waals surface area (Å²) >= 11 is 1.40. The fourth-order valence-corrected chi connectivity index (χ4v) is 4.53. The number of hydrogen-bond acceptors (Lipinski definition) is 5. The number of likely N-dealkylation sites (N-methyl/N-ethyl adjacent to an activating group) is 1. The third-order valence-electron chi connectivity index (χ3n) is 5.38. The van der Waals surface area contributed by atoms with Gasteiger partial charge in [-0.15, -0.1) is 11.3 Å². The second-order valence-electron chi connectivity index (χ2n) is 7.52. The summed E-state index contributed by atoms with van der Waals surface area (Å²) in [4.78, 5) is 33.9. The molecule has 1 N–H and O–H groups in total. The van der Waals surface area contributed by atoms with Crippen molar-refractivity contribution in [2.24, 2.45) is 4.99 Å². The first kappa shape index (κ1) is 21.0. The molecule has 0 spiro atoms. The molecule has 1 atom stereocenters. The van der Waals surface area contributed by atoms with E-state index in [1.54, 1.807) is 19.1 Å². The van der Waals surface area contributed by atoms with Gasteiger partial charge in [-0.05, 0) is 53.9 Å². The van der Waals surface area contributed by atoms with Gasteiger partial charge in [0.15, 0.2) is 17.8 Å². The highest BCUT2D eigenvalue weighted by atomic mass is 32.1. The monoisotopic (exact) mass is 434 g/mol. The molecule has 2 aromatic carbocycles. The van der Waals surface area contributed by atoms with Crippen LogP contribution in [-0.4, -0.2) is 43.8 Å². The lowest BCUT2D eigenvalue weighted by atomic mass is 10.1. The van der Waals surface area contributed by atoms with Crippen molar-refractivity contribution in [1.29, 1.82) is 0 Å². The molecular formula is C24H24N3O3S+. The van der Waals surface area contributed by atoms with Crippen molar-refractivity contribution in [1.82, 2.24) is 4.90 Å². The number of nitrogens with one attached hydrogen (secondary N) is 1. The smallest absolute Gasteiger partial charge is 0.362 e. The van der Waals surface area contributed by atoms with Crippen LogP contribution in [-0.2, 0) is 11.3 Å². The fourth-order valence-electron chi connectivity index (χ4n) is 3.44. The number of quaternary nitrogens is 1. The topological polar surface area (TPSA) is 63.4 Å². The Hall–Kier alpha value is -3.29. The molecule has 2 amide bonds. The summed E-state index contributed by atoms with van der Waals surface area (Å²) in [6.07, 6.45) is 1.54. The predicted molar refractivity (Wildman–Crippen MR) is 122 cm³/mol. The van der Waals surface area contributed by atoms with E-state index in [2.05, 4.69) is 4.99 Å². The minimum Gasteiger partial charge on any atom is -0.497 e. The summed E-state index contributed by atoms with van der Waals surface area (Å²) in [5, 5.41) is 0. The maximum atomic E-state index is 13.0. The Morgan fingerprint density at radius 2 is 1.90 bits per heavy atom. The Morgan fingerprint density at radius 1 is 1.16 bits per heavy atom. The molecule has 0 aliphatic carbocycles. The van der Waals surface area contributed by atoms with Gasteiger partial charge in [0.2, 0.25) is 0 Å². The normalized spacial score (nSPS) is 14.9. The van der Waals surface area contributed by atoms with Gasteiger partial charge >= 0.3 is 5.91 Å². The van der Waals surface area contributed by atoms with Gasteiger partial charge in [-0.1, -0.05) is 24.3 Å². The zero-order valence-corrected chi connectivity index (χ0v) is 18.5. The van der Waals surface area contributed by atoms with E-state index in [0.29, 0.717) is 22.0 Å². The molecule has 7 heteroatoms. The molecule has 0 bridgehead atoms. The van der Waals surface area contributed by atoms with E-state index in [1.165, 1.54) is 17.7 Å². The summed E-state index contributed by atoms with van der Waals surface area (Å²) in [5.74, 6) is 0.559. The van der Waals surface area contributed by atoms with E-state index in [9.17, 15) is 9.59 Å². The van der Waals surface area contributed by atoms with Crippen molar-refractivity contribution in [2.75, 3.05) is 20.7 Å². The lowest BCUT2D eigenvalue weighted by molar-refractivity contribution is -0.695. The number of benzene rings is 2. The molecular weight excluding hydrogens is 410 g/mol. The zero-order chi connectivity index (χ0) is 22.0. The quantitative estimate of drug-likeness (QED) is 0.649. The Labute approximate surface area is 185 Å². The highest BCUT2D eigenvalue weighted by Gasteiger charge is 2.32. The lowest BCUT2D eigenvalue weighted by Crippen LogP contribution is -3.15. The van der Waals surface area contributed by atoms with Crippen molar-refractivity contribution in [3.8, 4) is 16.2 Å². The molecule has 2 heterocycles. The van der Waals surface area contributed by atoms with Crippen LogP contribution in [0.2, 0.25) is 0 Å². The largest absolute Gasteiger partial charge is 0.497 e. The SMILES string of the molecule is COc1ccc(-c2cc3c(s2)C(=O)[NH+](CC(=O)N(C)Cc2ccccc2C)C=N3)cc1. The summed E-state index contributed by atoms with van der Waals surface area (Å²) < 4.78 is 5.20. The first-order valence-electron chi connectivity index (χ1n) is 9.97. The molecule has 1 aliphatic rings. The van der Waals surface area contributed by atoms with Crippen molar-refractivity contribution in [2.45, 2.75) is 13.5 Å². The number of aliphatic imine (C=N–C) groups is 1. The summed E-state index contributed by atoms with van der Waals surface area (Å²) in [7, 11) is 3.39. The highest BCUT2D eigenvalue weighted by Crippen LogP contribution is 2.37. The van der Waals surface area contributed by atoms with Crippen LogP contribution < -0.4 is 9.64 Å². The molecule has 1 aliphatic heterocycles. The number of thiophene rings is 1. The van der Waals surface area contributed by atoms with Gasteiger partial charge in [0.05, 0.1) is 12.8 Å². The standard InChI is InChI=1S/C24H23N3O3S/c1-16-6-4-5-7-18(16)13-26(2)22(28)14-27-15-25-20-12-21(31-23(20)24(27)29)17-8-10-19(30-3)11-9-17/h4-12,15H,13-14H2,1-3H3/p+1. The Morgan fingerprint density at radius 3 is 2.61 bits per heavy atom. The van der Waals surface area contributed by atoms with Crippen molar-refractivity contribution >= 4 is 35.2 Å². The van der Waals surface area contributed by atoms with E-state index in [4.69, 9.17) is 4.74 Å². The molecule has 0 saturated heterocycles. The average Bonchev–Trinajstić information content (AvgIpc) is 3.22. The summed E-state index contributed by atoms with van der Waals surface area (Å²) in [6.45, 7) is 2.58. The van der Waals surface area contributed by atoms with Crippen LogP contribution >= 0.6 is 11.3 Å². The first-order chi connectivity index (χ1) is 15.0. The molecule has 0 saturated carbocycles. The molecule has 1 unspecified atom stereocenters. The Kier molecular flexibility index (Phi) is 5.97. The molecule has 0 radical (unpaired) electrons. The van der Waals surface area contributed by atoms with Gasteiger partial charge in [-0.3, -0.25) is 4.79 Å². The van der Waals surface area contributed by atoms with E-state index in [-0.39, 0.29) is 18.4 Å². The van der Waals surface area contributed by atoms with Crippen molar-refractivity contribution < 1.29 is 19.2 Å².